The minimum Gasteiger partial charge on any atom is -0.381 e. The molecular weight excluding hydrogens is 322 g/mol. The van der Waals surface area contributed by atoms with Crippen molar-refractivity contribution >= 4 is 17.7 Å². The number of H-pyrrole nitrogens is 1. The molecule has 1 saturated heterocycles. The molecule has 1 amide bonds. The lowest BCUT2D eigenvalue weighted by molar-refractivity contribution is 0.0942. The number of aromatic nitrogens is 2. The highest BCUT2D eigenvalue weighted by Gasteiger charge is 2.25. The van der Waals surface area contributed by atoms with Crippen molar-refractivity contribution in [3.05, 3.63) is 47.3 Å². The number of carbonyl (C=O) groups excluding carboxylic acids is 1. The van der Waals surface area contributed by atoms with E-state index in [0.29, 0.717) is 12.2 Å². The summed E-state index contributed by atoms with van der Waals surface area (Å²) in [6, 6.07) is 8.51. The van der Waals surface area contributed by atoms with Crippen LogP contribution in [0.4, 0.5) is 0 Å². The monoisotopic (exact) mass is 345 g/mol. The highest BCUT2D eigenvalue weighted by Crippen LogP contribution is 2.26. The Kier molecular flexibility index (Phi) is 5.58. The maximum absolute atomic E-state index is 12.5. The van der Waals surface area contributed by atoms with Crippen LogP contribution in [-0.4, -0.2) is 41.1 Å². The van der Waals surface area contributed by atoms with Gasteiger partial charge in [0.1, 0.15) is 0 Å². The number of hydrogen-bond acceptors (Lipinski definition) is 4. The molecule has 0 aliphatic carbocycles. The van der Waals surface area contributed by atoms with Gasteiger partial charge >= 0.3 is 0 Å². The summed E-state index contributed by atoms with van der Waals surface area (Å²) >= 11 is 1.75. The van der Waals surface area contributed by atoms with Crippen LogP contribution in [0.25, 0.3) is 0 Å². The predicted octanol–water partition coefficient (Wildman–Crippen LogP) is 3.13. The Hall–Kier alpha value is -1.79. The summed E-state index contributed by atoms with van der Waals surface area (Å²) in [5.74, 6) is 1.00. The van der Waals surface area contributed by atoms with Crippen LogP contribution in [-0.2, 0) is 4.74 Å². The van der Waals surface area contributed by atoms with Gasteiger partial charge in [-0.2, -0.15) is 5.10 Å². The van der Waals surface area contributed by atoms with Gasteiger partial charge in [0.25, 0.3) is 5.91 Å². The zero-order chi connectivity index (χ0) is 16.9. The Morgan fingerprint density at radius 2 is 2.25 bits per heavy atom. The topological polar surface area (TPSA) is 67.0 Å². The maximum atomic E-state index is 12.5. The van der Waals surface area contributed by atoms with Gasteiger partial charge in [-0.1, -0.05) is 17.7 Å². The Balaban J connectivity index is 1.54. The van der Waals surface area contributed by atoms with E-state index in [0.717, 1.165) is 24.5 Å². The summed E-state index contributed by atoms with van der Waals surface area (Å²) < 4.78 is 5.41. The SMILES string of the molecule is Cc1ccc(SC[C@H](C)NC(=O)c2cn[nH]c2[C@@H]2CCOC2)cc1. The standard InChI is InChI=1S/C18H23N3O2S/c1-12-3-5-15(6-4-12)24-11-13(2)20-18(22)16-9-19-21-17(16)14-7-8-23-10-14/h3-6,9,13-14H,7-8,10-11H2,1-2H3,(H,19,21)(H,20,22)/t13-,14+/m0/s1. The third-order valence-corrected chi connectivity index (χ3v) is 5.42. The molecule has 0 spiro atoms. The third-order valence-electron chi connectivity index (χ3n) is 4.15. The highest BCUT2D eigenvalue weighted by atomic mass is 32.2. The lowest BCUT2D eigenvalue weighted by Gasteiger charge is -2.14. The van der Waals surface area contributed by atoms with E-state index in [9.17, 15) is 4.79 Å². The summed E-state index contributed by atoms with van der Waals surface area (Å²) in [4.78, 5) is 13.7. The summed E-state index contributed by atoms with van der Waals surface area (Å²) in [6.07, 6.45) is 2.55. The zero-order valence-corrected chi connectivity index (χ0v) is 14.9. The van der Waals surface area contributed by atoms with E-state index in [1.165, 1.54) is 10.5 Å². The number of nitrogens with zero attached hydrogens (tertiary/aromatic N) is 1. The van der Waals surface area contributed by atoms with Gasteiger partial charge in [0, 0.05) is 29.2 Å². The fourth-order valence-electron chi connectivity index (χ4n) is 2.75. The van der Waals surface area contributed by atoms with Crippen molar-refractivity contribution in [3.63, 3.8) is 0 Å². The molecule has 2 atom stereocenters. The molecule has 2 heterocycles. The minimum absolute atomic E-state index is 0.0670. The number of carbonyl (C=O) groups is 1. The van der Waals surface area contributed by atoms with Crippen LogP contribution >= 0.6 is 11.8 Å². The minimum atomic E-state index is -0.0670. The van der Waals surface area contributed by atoms with Gasteiger partial charge in [-0.3, -0.25) is 9.89 Å². The molecule has 3 rings (SSSR count). The largest absolute Gasteiger partial charge is 0.381 e. The lowest BCUT2D eigenvalue weighted by atomic mass is 10.0. The molecule has 0 unspecified atom stereocenters. The second kappa shape index (κ2) is 7.85. The number of thioether (sulfide) groups is 1. The first-order chi connectivity index (χ1) is 11.6. The Bertz CT molecular complexity index is 678. The lowest BCUT2D eigenvalue weighted by Crippen LogP contribution is -2.34. The molecule has 0 radical (unpaired) electrons. The Morgan fingerprint density at radius 1 is 1.46 bits per heavy atom. The van der Waals surface area contributed by atoms with Crippen molar-refractivity contribution in [2.75, 3.05) is 19.0 Å². The van der Waals surface area contributed by atoms with E-state index in [1.807, 2.05) is 6.92 Å². The van der Waals surface area contributed by atoms with Crippen molar-refractivity contribution < 1.29 is 9.53 Å². The molecule has 0 saturated carbocycles. The quantitative estimate of drug-likeness (QED) is 0.790. The van der Waals surface area contributed by atoms with Gasteiger partial charge in [-0.15, -0.1) is 11.8 Å². The second-order valence-corrected chi connectivity index (χ2v) is 7.35. The van der Waals surface area contributed by atoms with E-state index in [1.54, 1.807) is 18.0 Å². The molecule has 1 aliphatic rings. The van der Waals surface area contributed by atoms with Crippen LogP contribution in [0.15, 0.2) is 35.4 Å². The molecule has 1 fully saturated rings. The van der Waals surface area contributed by atoms with Crippen LogP contribution in [0, 0.1) is 6.92 Å². The molecule has 2 aromatic rings. The van der Waals surface area contributed by atoms with E-state index in [4.69, 9.17) is 4.74 Å². The van der Waals surface area contributed by atoms with Gasteiger partial charge in [-0.25, -0.2) is 0 Å². The molecule has 1 aliphatic heterocycles. The number of nitrogens with one attached hydrogen (secondary N) is 2. The molecule has 2 N–H and O–H groups in total. The van der Waals surface area contributed by atoms with Gasteiger partial charge in [0.15, 0.2) is 0 Å². The molecule has 5 nitrogen and oxygen atoms in total. The molecule has 0 bridgehead atoms. The van der Waals surface area contributed by atoms with Gasteiger partial charge in [0.2, 0.25) is 0 Å². The average Bonchev–Trinajstić information content (AvgIpc) is 3.25. The van der Waals surface area contributed by atoms with Crippen LogP contribution in [0.5, 0.6) is 0 Å². The van der Waals surface area contributed by atoms with Crippen LogP contribution < -0.4 is 5.32 Å². The average molecular weight is 345 g/mol. The third kappa shape index (κ3) is 4.19. The Labute approximate surface area is 146 Å². The summed E-state index contributed by atoms with van der Waals surface area (Å²) in [6.45, 7) is 5.50. The predicted molar refractivity (Wildman–Crippen MR) is 95.6 cm³/mol. The van der Waals surface area contributed by atoms with E-state index in [-0.39, 0.29) is 17.9 Å². The number of ether oxygens (including phenoxy) is 1. The number of hydrogen-bond donors (Lipinski definition) is 2. The summed E-state index contributed by atoms with van der Waals surface area (Å²) in [5.41, 5.74) is 2.78. The molecule has 128 valence electrons. The first-order valence-corrected chi connectivity index (χ1v) is 9.23. The van der Waals surface area contributed by atoms with Gasteiger partial charge in [-0.05, 0) is 32.4 Å². The zero-order valence-electron chi connectivity index (χ0n) is 14.0. The van der Waals surface area contributed by atoms with Crippen molar-refractivity contribution in [2.24, 2.45) is 0 Å². The smallest absolute Gasteiger partial charge is 0.254 e. The summed E-state index contributed by atoms with van der Waals surface area (Å²) in [7, 11) is 0. The van der Waals surface area contributed by atoms with E-state index < -0.39 is 0 Å². The van der Waals surface area contributed by atoms with Crippen molar-refractivity contribution in [1.29, 1.82) is 0 Å². The van der Waals surface area contributed by atoms with Crippen molar-refractivity contribution in [2.45, 2.75) is 37.1 Å². The van der Waals surface area contributed by atoms with Crippen LogP contribution in [0.1, 0.15) is 40.9 Å². The van der Waals surface area contributed by atoms with Crippen molar-refractivity contribution in [3.8, 4) is 0 Å². The van der Waals surface area contributed by atoms with Gasteiger partial charge in [0.05, 0.1) is 24.1 Å². The molecule has 1 aromatic carbocycles. The van der Waals surface area contributed by atoms with Crippen molar-refractivity contribution in [1.82, 2.24) is 15.5 Å². The number of rotatable bonds is 6. The molecular formula is C18H23N3O2S. The number of aryl methyl sites for hydroxylation is 1. The van der Waals surface area contributed by atoms with Gasteiger partial charge < -0.3 is 10.1 Å². The van der Waals surface area contributed by atoms with E-state index >= 15 is 0 Å². The van der Waals surface area contributed by atoms with E-state index in [2.05, 4.69) is 46.7 Å². The number of aromatic amines is 1. The van der Waals surface area contributed by atoms with Crippen LogP contribution in [0.3, 0.4) is 0 Å². The number of benzene rings is 1. The Morgan fingerprint density at radius 3 is 2.96 bits per heavy atom. The number of amides is 1. The first-order valence-electron chi connectivity index (χ1n) is 8.25. The fraction of sp³-hybridized carbons (Fsp3) is 0.444. The maximum Gasteiger partial charge on any atom is 0.254 e. The highest BCUT2D eigenvalue weighted by molar-refractivity contribution is 7.99. The first kappa shape index (κ1) is 17.0. The molecule has 24 heavy (non-hydrogen) atoms. The summed E-state index contributed by atoms with van der Waals surface area (Å²) in [5, 5.41) is 10.1. The fourth-order valence-corrected chi connectivity index (χ4v) is 3.60. The normalized spacial score (nSPS) is 18.5. The molecule has 6 heteroatoms. The second-order valence-electron chi connectivity index (χ2n) is 6.26. The molecule has 1 aromatic heterocycles. The van der Waals surface area contributed by atoms with Crippen LogP contribution in [0.2, 0.25) is 0 Å².